The largest absolute Gasteiger partial charge is 0.423 e. The van der Waals surface area contributed by atoms with Crippen molar-refractivity contribution in [3.05, 3.63) is 11.8 Å². The van der Waals surface area contributed by atoms with Gasteiger partial charge in [0.15, 0.2) is 0 Å². The molecule has 2 bridgehead atoms. The molecule has 2 amide bonds. The van der Waals surface area contributed by atoms with Gasteiger partial charge in [-0.3, -0.25) is 0 Å². The Balaban J connectivity index is 1.58. The van der Waals surface area contributed by atoms with Crippen molar-refractivity contribution in [3.8, 4) is 0 Å². The van der Waals surface area contributed by atoms with Gasteiger partial charge in [-0.25, -0.2) is 4.79 Å². The zero-order valence-corrected chi connectivity index (χ0v) is 9.93. The molecule has 1 aromatic heterocycles. The molecule has 0 radical (unpaired) electrons. The van der Waals surface area contributed by atoms with Crippen LogP contribution in [0.5, 0.6) is 0 Å². The lowest BCUT2D eigenvalue weighted by molar-refractivity contribution is 0.165. The normalized spacial score (nSPS) is 31.3. The first kappa shape index (κ1) is 10.3. The van der Waals surface area contributed by atoms with Gasteiger partial charge in [-0.2, -0.15) is 0 Å². The lowest BCUT2D eigenvalue weighted by atomic mass is 10.0. The molecule has 2 atom stereocenters. The average molecular weight is 249 g/mol. The molecular weight excluding hydrogens is 234 g/mol. The van der Waals surface area contributed by atoms with E-state index in [4.69, 9.17) is 4.42 Å². The highest BCUT2D eigenvalue weighted by atomic mass is 16.4. The quantitative estimate of drug-likeness (QED) is 0.770. The molecule has 1 aromatic rings. The van der Waals surface area contributed by atoms with Crippen molar-refractivity contribution in [1.29, 1.82) is 0 Å². The summed E-state index contributed by atoms with van der Waals surface area (Å²) >= 11 is 0. The lowest BCUT2D eigenvalue weighted by Crippen LogP contribution is -2.40. The van der Waals surface area contributed by atoms with Crippen LogP contribution in [0.3, 0.4) is 0 Å². The summed E-state index contributed by atoms with van der Waals surface area (Å²) in [6.07, 6.45) is 1.88. The van der Waals surface area contributed by atoms with Crippen LogP contribution in [0.2, 0.25) is 0 Å². The van der Waals surface area contributed by atoms with Crippen LogP contribution in [0.15, 0.2) is 4.42 Å². The van der Waals surface area contributed by atoms with Gasteiger partial charge in [0, 0.05) is 25.7 Å². The summed E-state index contributed by atoms with van der Waals surface area (Å²) < 4.78 is 5.74. The van der Waals surface area contributed by atoms with Gasteiger partial charge in [0.1, 0.15) is 6.04 Å². The van der Waals surface area contributed by atoms with Crippen molar-refractivity contribution in [2.75, 3.05) is 19.6 Å². The summed E-state index contributed by atoms with van der Waals surface area (Å²) in [5.41, 5.74) is 0. The van der Waals surface area contributed by atoms with Crippen molar-refractivity contribution < 1.29 is 9.21 Å². The third kappa shape index (κ3) is 1.43. The number of hydrogen-bond acceptors (Lipinski definition) is 5. The molecule has 7 heteroatoms. The smallest absolute Gasteiger partial charge is 0.318 e. The maximum atomic E-state index is 11.8. The molecule has 4 rings (SSSR count). The first-order valence-corrected chi connectivity index (χ1v) is 6.42. The van der Waals surface area contributed by atoms with Gasteiger partial charge in [0.05, 0.1) is 5.92 Å². The summed E-state index contributed by atoms with van der Waals surface area (Å²) in [6, 6.07) is 0.248. The fourth-order valence-corrected chi connectivity index (χ4v) is 2.84. The van der Waals surface area contributed by atoms with E-state index >= 15 is 0 Å². The summed E-state index contributed by atoms with van der Waals surface area (Å²) in [7, 11) is 0. The van der Waals surface area contributed by atoms with Crippen molar-refractivity contribution in [1.82, 2.24) is 25.7 Å². The SMILES string of the molecule is O=C1NC2CCC(c3nnc(C4CNC4)o3)N1C2. The molecule has 3 fully saturated rings. The van der Waals surface area contributed by atoms with Crippen LogP contribution >= 0.6 is 0 Å². The molecule has 96 valence electrons. The van der Waals surface area contributed by atoms with E-state index in [1.807, 2.05) is 4.90 Å². The highest BCUT2D eigenvalue weighted by Crippen LogP contribution is 2.34. The monoisotopic (exact) mass is 249 g/mol. The predicted molar refractivity (Wildman–Crippen MR) is 60.9 cm³/mol. The maximum absolute atomic E-state index is 11.8. The molecule has 0 aromatic carbocycles. The minimum Gasteiger partial charge on any atom is -0.423 e. The van der Waals surface area contributed by atoms with Gasteiger partial charge >= 0.3 is 6.03 Å². The van der Waals surface area contributed by atoms with E-state index in [-0.39, 0.29) is 12.1 Å². The Morgan fingerprint density at radius 2 is 2.06 bits per heavy atom. The summed E-state index contributed by atoms with van der Waals surface area (Å²) in [4.78, 5) is 13.6. The van der Waals surface area contributed by atoms with Crippen LogP contribution in [-0.2, 0) is 0 Å². The van der Waals surface area contributed by atoms with Crippen LogP contribution in [0.25, 0.3) is 0 Å². The topological polar surface area (TPSA) is 83.3 Å². The molecular formula is C11H15N5O2. The van der Waals surface area contributed by atoms with Crippen molar-refractivity contribution >= 4 is 6.03 Å². The highest BCUT2D eigenvalue weighted by Gasteiger charge is 2.41. The van der Waals surface area contributed by atoms with Crippen molar-refractivity contribution in [2.24, 2.45) is 0 Å². The van der Waals surface area contributed by atoms with Crippen LogP contribution in [0.1, 0.15) is 36.6 Å². The number of aromatic nitrogens is 2. The Morgan fingerprint density at radius 1 is 1.22 bits per heavy atom. The zero-order chi connectivity index (χ0) is 12.1. The summed E-state index contributed by atoms with van der Waals surface area (Å²) in [5.74, 6) is 1.63. The molecule has 0 aliphatic carbocycles. The molecule has 3 saturated heterocycles. The minimum absolute atomic E-state index is 0.00689. The molecule has 3 aliphatic heterocycles. The number of carbonyl (C=O) groups is 1. The number of rotatable bonds is 2. The van der Waals surface area contributed by atoms with Crippen molar-refractivity contribution in [3.63, 3.8) is 0 Å². The maximum Gasteiger partial charge on any atom is 0.318 e. The summed E-state index contributed by atoms with van der Waals surface area (Å²) in [5, 5.41) is 14.4. The van der Waals surface area contributed by atoms with E-state index in [9.17, 15) is 4.79 Å². The standard InChI is InChI=1S/C11H15N5O2/c17-11-13-7-1-2-8(16(11)5-7)10-15-14-9(18-10)6-3-12-4-6/h6-8,12H,1-5H2,(H,13,17). The number of amides is 2. The Labute approximate surface area is 104 Å². The molecule has 18 heavy (non-hydrogen) atoms. The second-order valence-electron chi connectivity index (χ2n) is 5.23. The number of carbonyl (C=O) groups excluding carboxylic acids is 1. The third-order valence-electron chi connectivity index (χ3n) is 4.04. The molecule has 2 N–H and O–H groups in total. The van der Waals surface area contributed by atoms with Gasteiger partial charge < -0.3 is 20.0 Å². The molecule has 4 heterocycles. The number of hydrogen-bond donors (Lipinski definition) is 2. The van der Waals surface area contributed by atoms with E-state index in [1.165, 1.54) is 0 Å². The van der Waals surface area contributed by atoms with Crippen molar-refractivity contribution in [2.45, 2.75) is 30.8 Å². The Bertz CT molecular complexity index is 484. The van der Waals surface area contributed by atoms with Crippen LogP contribution in [0, 0.1) is 0 Å². The van der Waals surface area contributed by atoms with Gasteiger partial charge in [0.25, 0.3) is 0 Å². The average Bonchev–Trinajstić information content (AvgIpc) is 2.85. The van der Waals surface area contributed by atoms with Crippen LogP contribution in [0.4, 0.5) is 4.79 Å². The number of nitrogens with one attached hydrogen (secondary N) is 2. The Kier molecular flexibility index (Phi) is 2.11. The molecule has 0 spiro atoms. The van der Waals surface area contributed by atoms with Gasteiger partial charge in [0.2, 0.25) is 11.8 Å². The molecule has 2 unspecified atom stereocenters. The number of fused-ring (bicyclic) bond motifs is 2. The van der Waals surface area contributed by atoms with E-state index in [2.05, 4.69) is 20.8 Å². The Hall–Kier alpha value is -1.63. The highest BCUT2D eigenvalue weighted by molar-refractivity contribution is 5.77. The number of nitrogens with zero attached hydrogens (tertiary/aromatic N) is 3. The first-order valence-electron chi connectivity index (χ1n) is 6.42. The molecule has 3 aliphatic rings. The fourth-order valence-electron chi connectivity index (χ4n) is 2.84. The lowest BCUT2D eigenvalue weighted by Gasteiger charge is -2.28. The molecule has 7 nitrogen and oxygen atoms in total. The molecule has 0 saturated carbocycles. The Morgan fingerprint density at radius 3 is 2.83 bits per heavy atom. The zero-order valence-electron chi connectivity index (χ0n) is 9.93. The predicted octanol–water partition coefficient (Wildman–Crippen LogP) is -0.0149. The van der Waals surface area contributed by atoms with Gasteiger partial charge in [-0.15, -0.1) is 10.2 Å². The van der Waals surface area contributed by atoms with E-state index in [1.54, 1.807) is 0 Å². The fraction of sp³-hybridized carbons (Fsp3) is 0.727. The van der Waals surface area contributed by atoms with Crippen LogP contribution < -0.4 is 10.6 Å². The minimum atomic E-state index is -0.0435. The third-order valence-corrected chi connectivity index (χ3v) is 4.04. The van der Waals surface area contributed by atoms with E-state index in [0.717, 1.165) is 32.5 Å². The van der Waals surface area contributed by atoms with E-state index in [0.29, 0.717) is 23.7 Å². The second-order valence-corrected chi connectivity index (χ2v) is 5.23. The number of urea groups is 1. The van der Waals surface area contributed by atoms with E-state index < -0.39 is 0 Å². The second kappa shape index (κ2) is 3.68. The van der Waals surface area contributed by atoms with Crippen LogP contribution in [-0.4, -0.2) is 46.8 Å². The summed E-state index contributed by atoms with van der Waals surface area (Å²) in [6.45, 7) is 2.56. The number of piperidine rings is 1. The van der Waals surface area contributed by atoms with Gasteiger partial charge in [-0.1, -0.05) is 0 Å². The van der Waals surface area contributed by atoms with Gasteiger partial charge in [-0.05, 0) is 12.8 Å². The first-order chi connectivity index (χ1) is 8.81.